The van der Waals surface area contributed by atoms with Gasteiger partial charge in [0.2, 0.25) is 0 Å². The van der Waals surface area contributed by atoms with Gasteiger partial charge in [-0.1, -0.05) is 32.0 Å². The summed E-state index contributed by atoms with van der Waals surface area (Å²) >= 11 is 1.49. The number of alkyl halides is 3. The highest BCUT2D eigenvalue weighted by molar-refractivity contribution is 7.17. The second-order valence-electron chi connectivity index (χ2n) is 10.4. The summed E-state index contributed by atoms with van der Waals surface area (Å²) in [5, 5.41) is 13.8. The minimum Gasteiger partial charge on any atom is -0.341 e. The Hall–Kier alpha value is -2.46. The number of hydrogen-bond acceptors (Lipinski definition) is 5. The summed E-state index contributed by atoms with van der Waals surface area (Å²) < 4.78 is 42.8. The number of carbonyl (C=O) groups is 1. The standard InChI is InChI=1S/C26H32F3N5OS/c1-15(2)24-32-31-16(3)34(24)19-12-17-8-9-18(13-19)33(17)11-10-22(30-25(35)26(27,28)29)21-14-36-23-7-5-4-6-20(21)23/h4-7,14-15,17-19,22H,8-13H2,1-3H3,(H,30,35)/t17-,18+,19?,22-/m0/s1. The van der Waals surface area contributed by atoms with Crippen LogP contribution in [0, 0.1) is 6.92 Å². The van der Waals surface area contributed by atoms with E-state index in [4.69, 9.17) is 0 Å². The molecule has 0 aliphatic carbocycles. The van der Waals surface area contributed by atoms with E-state index in [2.05, 4.69) is 38.8 Å². The first-order valence-corrected chi connectivity index (χ1v) is 13.5. The fourth-order valence-electron chi connectivity index (χ4n) is 6.14. The molecule has 2 saturated heterocycles. The molecule has 2 aliphatic heterocycles. The molecule has 5 rings (SSSR count). The third kappa shape index (κ3) is 4.77. The number of carbonyl (C=O) groups excluding carboxylic acids is 1. The lowest BCUT2D eigenvalue weighted by Crippen LogP contribution is -2.46. The van der Waals surface area contributed by atoms with Gasteiger partial charge in [-0.25, -0.2) is 0 Å². The van der Waals surface area contributed by atoms with Crippen LogP contribution in [0.1, 0.15) is 81.2 Å². The molecule has 4 heterocycles. The van der Waals surface area contributed by atoms with E-state index in [-0.39, 0.29) is 0 Å². The van der Waals surface area contributed by atoms with Gasteiger partial charge >= 0.3 is 12.1 Å². The number of aromatic nitrogens is 3. The molecule has 2 fully saturated rings. The average Bonchev–Trinajstić information content (AvgIpc) is 3.49. The first-order valence-electron chi connectivity index (χ1n) is 12.6. The Labute approximate surface area is 212 Å². The molecule has 6 nitrogen and oxygen atoms in total. The first kappa shape index (κ1) is 25.2. The van der Waals surface area contributed by atoms with Gasteiger partial charge in [0, 0.05) is 35.3 Å². The van der Waals surface area contributed by atoms with Gasteiger partial charge in [-0.15, -0.1) is 21.5 Å². The van der Waals surface area contributed by atoms with E-state index in [1.54, 1.807) is 0 Å². The second-order valence-corrected chi connectivity index (χ2v) is 11.3. The first-order chi connectivity index (χ1) is 17.1. The Kier molecular flexibility index (Phi) is 6.84. The van der Waals surface area contributed by atoms with Crippen molar-refractivity contribution >= 4 is 27.3 Å². The maximum Gasteiger partial charge on any atom is 0.471 e. The Balaban J connectivity index is 1.33. The van der Waals surface area contributed by atoms with Crippen molar-refractivity contribution in [3.05, 3.63) is 46.9 Å². The molecule has 1 amide bonds. The molecule has 194 valence electrons. The number of aryl methyl sites for hydroxylation is 1. The number of piperidine rings is 1. The highest BCUT2D eigenvalue weighted by Gasteiger charge is 2.43. The fourth-order valence-corrected chi connectivity index (χ4v) is 7.16. The van der Waals surface area contributed by atoms with E-state index >= 15 is 0 Å². The highest BCUT2D eigenvalue weighted by atomic mass is 32.1. The van der Waals surface area contributed by atoms with Crippen LogP contribution < -0.4 is 5.32 Å². The quantitative estimate of drug-likeness (QED) is 0.422. The number of fused-ring (bicyclic) bond motifs is 3. The van der Waals surface area contributed by atoms with Crippen molar-refractivity contribution in [2.24, 2.45) is 0 Å². The molecule has 1 unspecified atom stereocenters. The van der Waals surface area contributed by atoms with Crippen molar-refractivity contribution in [1.82, 2.24) is 25.0 Å². The molecule has 1 aromatic carbocycles. The van der Waals surface area contributed by atoms with Gasteiger partial charge < -0.3 is 9.88 Å². The Morgan fingerprint density at radius 1 is 1.14 bits per heavy atom. The van der Waals surface area contributed by atoms with E-state index in [1.807, 2.05) is 36.6 Å². The Morgan fingerprint density at radius 3 is 2.50 bits per heavy atom. The summed E-state index contributed by atoms with van der Waals surface area (Å²) in [6, 6.07) is 8.04. The minimum atomic E-state index is -4.91. The lowest BCUT2D eigenvalue weighted by Gasteiger charge is -2.40. The molecule has 2 bridgehead atoms. The molecule has 10 heteroatoms. The van der Waals surface area contributed by atoms with Crippen LogP contribution in [0.2, 0.25) is 0 Å². The van der Waals surface area contributed by atoms with E-state index in [1.165, 1.54) is 11.3 Å². The molecular formula is C26H32F3N5OS. The molecule has 3 aromatic rings. The van der Waals surface area contributed by atoms with Crippen LogP contribution in [-0.2, 0) is 4.79 Å². The van der Waals surface area contributed by atoms with Gasteiger partial charge in [-0.3, -0.25) is 9.69 Å². The Morgan fingerprint density at radius 2 is 1.83 bits per heavy atom. The van der Waals surface area contributed by atoms with E-state index in [9.17, 15) is 18.0 Å². The SMILES string of the molecule is Cc1nnc(C(C)C)n1C1C[C@H]2CC[C@@H](C1)N2CC[C@H](NC(=O)C(F)(F)F)c1csc2ccccc12. The van der Waals surface area contributed by atoms with E-state index in [0.29, 0.717) is 37.0 Å². The van der Waals surface area contributed by atoms with Gasteiger partial charge in [0.1, 0.15) is 11.6 Å². The van der Waals surface area contributed by atoms with Crippen molar-refractivity contribution in [1.29, 1.82) is 0 Å². The maximum absolute atomic E-state index is 13.2. The van der Waals surface area contributed by atoms with Gasteiger partial charge in [0.15, 0.2) is 0 Å². The average molecular weight is 520 g/mol. The summed E-state index contributed by atoms with van der Waals surface area (Å²) in [4.78, 5) is 14.4. The molecule has 0 radical (unpaired) electrons. The Bertz CT molecular complexity index is 1220. The summed E-state index contributed by atoms with van der Waals surface area (Å²) in [6.45, 7) is 6.92. The zero-order valence-corrected chi connectivity index (χ0v) is 21.6. The lowest BCUT2D eigenvalue weighted by atomic mass is 9.95. The number of nitrogens with one attached hydrogen (secondary N) is 1. The monoisotopic (exact) mass is 519 g/mol. The summed E-state index contributed by atoms with van der Waals surface area (Å²) in [5.41, 5.74) is 0.761. The fraction of sp³-hybridized carbons (Fsp3) is 0.577. The number of nitrogens with zero attached hydrogens (tertiary/aromatic N) is 4. The predicted octanol–water partition coefficient (Wildman–Crippen LogP) is 5.90. The summed E-state index contributed by atoms with van der Waals surface area (Å²) in [7, 11) is 0. The van der Waals surface area contributed by atoms with Gasteiger partial charge in [0.05, 0.1) is 6.04 Å². The smallest absolute Gasteiger partial charge is 0.341 e. The number of halogens is 3. The number of amides is 1. The molecule has 0 spiro atoms. The van der Waals surface area contributed by atoms with Gasteiger partial charge in [-0.05, 0) is 61.4 Å². The zero-order valence-electron chi connectivity index (χ0n) is 20.8. The van der Waals surface area contributed by atoms with Crippen molar-refractivity contribution in [2.75, 3.05) is 6.54 Å². The summed E-state index contributed by atoms with van der Waals surface area (Å²) in [6.07, 6.45) is -0.345. The van der Waals surface area contributed by atoms with E-state index < -0.39 is 18.1 Å². The van der Waals surface area contributed by atoms with Crippen LogP contribution in [0.4, 0.5) is 13.2 Å². The van der Waals surface area contributed by atoms with Crippen molar-refractivity contribution in [3.8, 4) is 0 Å². The van der Waals surface area contributed by atoms with Crippen LogP contribution in [0.15, 0.2) is 29.6 Å². The van der Waals surface area contributed by atoms with Crippen LogP contribution >= 0.6 is 11.3 Å². The second kappa shape index (κ2) is 9.78. The van der Waals surface area contributed by atoms with Crippen LogP contribution in [0.25, 0.3) is 10.1 Å². The minimum absolute atomic E-state index is 0.292. The van der Waals surface area contributed by atoms with Crippen molar-refractivity contribution < 1.29 is 18.0 Å². The molecule has 2 aromatic heterocycles. The summed E-state index contributed by atoms with van der Waals surface area (Å²) in [5.74, 6) is 0.370. The van der Waals surface area contributed by atoms with Crippen LogP contribution in [0.3, 0.4) is 0 Å². The maximum atomic E-state index is 13.2. The topological polar surface area (TPSA) is 63.1 Å². The van der Waals surface area contributed by atoms with Crippen LogP contribution in [0.5, 0.6) is 0 Å². The number of thiophene rings is 1. The normalized spacial score (nSPS) is 23.5. The van der Waals surface area contributed by atoms with Crippen molar-refractivity contribution in [2.45, 2.75) is 89.1 Å². The number of hydrogen-bond donors (Lipinski definition) is 1. The van der Waals surface area contributed by atoms with Crippen LogP contribution in [-0.4, -0.2) is 50.4 Å². The third-order valence-corrected chi connectivity index (χ3v) is 8.74. The molecule has 4 atom stereocenters. The molecule has 2 aliphatic rings. The largest absolute Gasteiger partial charge is 0.471 e. The molecular weight excluding hydrogens is 487 g/mol. The third-order valence-electron chi connectivity index (χ3n) is 7.76. The predicted molar refractivity (Wildman–Crippen MR) is 134 cm³/mol. The zero-order chi connectivity index (χ0) is 25.6. The molecule has 36 heavy (non-hydrogen) atoms. The van der Waals surface area contributed by atoms with Gasteiger partial charge in [0.25, 0.3) is 0 Å². The van der Waals surface area contributed by atoms with E-state index in [0.717, 1.165) is 53.0 Å². The number of benzene rings is 1. The van der Waals surface area contributed by atoms with Crippen molar-refractivity contribution in [3.63, 3.8) is 0 Å². The highest BCUT2D eigenvalue weighted by Crippen LogP contribution is 2.43. The molecule has 1 N–H and O–H groups in total. The van der Waals surface area contributed by atoms with Gasteiger partial charge in [-0.2, -0.15) is 13.2 Å². The molecule has 0 saturated carbocycles. The lowest BCUT2D eigenvalue weighted by molar-refractivity contribution is -0.174. The number of rotatable bonds is 7.